The first-order valence-corrected chi connectivity index (χ1v) is 8.74. The van der Waals surface area contributed by atoms with Crippen LogP contribution in [0.5, 0.6) is 0 Å². The highest BCUT2D eigenvalue weighted by molar-refractivity contribution is 6.00. The molecule has 3 rings (SSSR count). The molecule has 1 unspecified atom stereocenters. The first kappa shape index (κ1) is 18.8. The maximum Gasteiger partial charge on any atom is 0.317 e. The minimum absolute atomic E-state index is 0.124. The molecule has 1 amide bonds. The third kappa shape index (κ3) is 4.62. The van der Waals surface area contributed by atoms with Crippen LogP contribution < -0.4 is 10.6 Å². The molecule has 1 fully saturated rings. The molecule has 27 heavy (non-hydrogen) atoms. The van der Waals surface area contributed by atoms with Gasteiger partial charge in [0.1, 0.15) is 5.82 Å². The van der Waals surface area contributed by atoms with E-state index in [9.17, 15) is 14.0 Å². The zero-order valence-electron chi connectivity index (χ0n) is 15.0. The van der Waals surface area contributed by atoms with Crippen molar-refractivity contribution < 1.29 is 19.1 Å². The predicted octanol–water partition coefficient (Wildman–Crippen LogP) is 2.85. The summed E-state index contributed by atoms with van der Waals surface area (Å²) >= 11 is 0. The van der Waals surface area contributed by atoms with Gasteiger partial charge in [-0.05, 0) is 49.7 Å². The monoisotopic (exact) mass is 371 g/mol. The van der Waals surface area contributed by atoms with Gasteiger partial charge in [-0.3, -0.25) is 14.9 Å². The maximum atomic E-state index is 13.1. The number of hydrogen-bond acceptors (Lipinski definition) is 4. The Kier molecular flexibility index (Phi) is 5.41. The second kappa shape index (κ2) is 7.75. The van der Waals surface area contributed by atoms with Gasteiger partial charge in [-0.25, -0.2) is 4.39 Å². The normalized spacial score (nSPS) is 19.1. The highest BCUT2D eigenvalue weighted by atomic mass is 19.1. The zero-order chi connectivity index (χ0) is 19.4. The molecule has 0 saturated carbocycles. The van der Waals surface area contributed by atoms with E-state index in [2.05, 4.69) is 10.6 Å². The highest BCUT2D eigenvalue weighted by Crippen LogP contribution is 2.26. The lowest BCUT2D eigenvalue weighted by Gasteiger charge is -2.26. The van der Waals surface area contributed by atoms with Gasteiger partial charge in [-0.2, -0.15) is 0 Å². The minimum Gasteiger partial charge on any atom is -0.480 e. The van der Waals surface area contributed by atoms with Gasteiger partial charge in [0, 0.05) is 24.3 Å². The SMILES string of the molecule is CC1(NCC(=O)O)CCN(C(=O)c2ccccc2Nc2ccc(F)cc2)C1. The van der Waals surface area contributed by atoms with Crippen molar-refractivity contribution in [1.82, 2.24) is 10.2 Å². The average molecular weight is 371 g/mol. The lowest BCUT2D eigenvalue weighted by atomic mass is 10.0. The molecule has 1 atom stereocenters. The van der Waals surface area contributed by atoms with E-state index in [1.54, 1.807) is 35.2 Å². The number of aliphatic carboxylic acids is 1. The van der Waals surface area contributed by atoms with Gasteiger partial charge in [0.05, 0.1) is 17.8 Å². The number of hydrogen-bond donors (Lipinski definition) is 3. The van der Waals surface area contributed by atoms with Gasteiger partial charge in [0.15, 0.2) is 0 Å². The number of carboxylic acids is 1. The summed E-state index contributed by atoms with van der Waals surface area (Å²) in [6.45, 7) is 2.77. The Morgan fingerprint density at radius 3 is 2.59 bits per heavy atom. The van der Waals surface area contributed by atoms with Crippen molar-refractivity contribution in [2.24, 2.45) is 0 Å². The van der Waals surface area contributed by atoms with Gasteiger partial charge in [0.25, 0.3) is 5.91 Å². The van der Waals surface area contributed by atoms with E-state index in [1.807, 2.05) is 13.0 Å². The Bertz CT molecular complexity index is 841. The van der Waals surface area contributed by atoms with Gasteiger partial charge in [-0.15, -0.1) is 0 Å². The number of likely N-dealkylation sites (tertiary alicyclic amines) is 1. The molecule has 6 nitrogen and oxygen atoms in total. The Morgan fingerprint density at radius 1 is 1.19 bits per heavy atom. The third-order valence-corrected chi connectivity index (χ3v) is 4.71. The average Bonchev–Trinajstić information content (AvgIpc) is 3.05. The first-order valence-electron chi connectivity index (χ1n) is 8.74. The summed E-state index contributed by atoms with van der Waals surface area (Å²) in [5.41, 5.74) is 1.42. The largest absolute Gasteiger partial charge is 0.480 e. The van der Waals surface area contributed by atoms with E-state index in [0.29, 0.717) is 36.4 Å². The van der Waals surface area contributed by atoms with Crippen LogP contribution in [0.2, 0.25) is 0 Å². The molecule has 0 spiro atoms. The van der Waals surface area contributed by atoms with Gasteiger partial charge < -0.3 is 15.3 Å². The summed E-state index contributed by atoms with van der Waals surface area (Å²) in [5.74, 6) is -1.37. The fourth-order valence-corrected chi connectivity index (χ4v) is 3.21. The van der Waals surface area contributed by atoms with Crippen molar-refractivity contribution in [2.75, 3.05) is 25.0 Å². The fourth-order valence-electron chi connectivity index (χ4n) is 3.21. The molecule has 2 aromatic carbocycles. The number of carbonyl (C=O) groups is 2. The molecule has 0 bridgehead atoms. The van der Waals surface area contributed by atoms with Crippen LogP contribution in [-0.2, 0) is 4.79 Å². The molecule has 7 heteroatoms. The summed E-state index contributed by atoms with van der Waals surface area (Å²) in [6, 6.07) is 13.1. The molecule has 1 aliphatic rings. The third-order valence-electron chi connectivity index (χ3n) is 4.71. The van der Waals surface area contributed by atoms with E-state index in [4.69, 9.17) is 5.11 Å². The summed E-state index contributed by atoms with van der Waals surface area (Å²) in [7, 11) is 0. The number of para-hydroxylation sites is 1. The molecule has 0 aliphatic carbocycles. The molecular weight excluding hydrogens is 349 g/mol. The van der Waals surface area contributed by atoms with E-state index in [1.165, 1.54) is 12.1 Å². The number of carbonyl (C=O) groups excluding carboxylic acids is 1. The van der Waals surface area contributed by atoms with Crippen molar-refractivity contribution in [3.8, 4) is 0 Å². The molecule has 0 aromatic heterocycles. The summed E-state index contributed by atoms with van der Waals surface area (Å²) in [5, 5.41) is 15.0. The summed E-state index contributed by atoms with van der Waals surface area (Å²) < 4.78 is 13.1. The maximum absolute atomic E-state index is 13.1. The fraction of sp³-hybridized carbons (Fsp3) is 0.300. The Labute approximate surface area is 157 Å². The van der Waals surface area contributed by atoms with Gasteiger partial charge in [-0.1, -0.05) is 12.1 Å². The lowest BCUT2D eigenvalue weighted by molar-refractivity contribution is -0.136. The number of nitrogens with one attached hydrogen (secondary N) is 2. The minimum atomic E-state index is -0.921. The van der Waals surface area contributed by atoms with Crippen molar-refractivity contribution in [1.29, 1.82) is 0 Å². The van der Waals surface area contributed by atoms with Crippen LogP contribution in [0.4, 0.5) is 15.8 Å². The summed E-state index contributed by atoms with van der Waals surface area (Å²) in [4.78, 5) is 25.5. The van der Waals surface area contributed by atoms with Crippen molar-refractivity contribution >= 4 is 23.3 Å². The standard InChI is InChI=1S/C20H22FN3O3/c1-20(22-12-18(25)26)10-11-24(13-20)19(27)16-4-2-3-5-17(16)23-15-8-6-14(21)7-9-15/h2-9,22-23H,10-13H2,1H3,(H,25,26). The van der Waals surface area contributed by atoms with Crippen LogP contribution in [-0.4, -0.2) is 47.1 Å². The van der Waals surface area contributed by atoms with Crippen LogP contribution in [0.15, 0.2) is 48.5 Å². The zero-order valence-corrected chi connectivity index (χ0v) is 15.0. The molecule has 142 valence electrons. The van der Waals surface area contributed by atoms with Crippen molar-refractivity contribution in [3.63, 3.8) is 0 Å². The topological polar surface area (TPSA) is 81.7 Å². The number of rotatable bonds is 6. The van der Waals surface area contributed by atoms with E-state index in [0.717, 1.165) is 0 Å². The van der Waals surface area contributed by atoms with E-state index < -0.39 is 11.5 Å². The van der Waals surface area contributed by atoms with Crippen molar-refractivity contribution in [2.45, 2.75) is 18.9 Å². The molecule has 3 N–H and O–H groups in total. The Morgan fingerprint density at radius 2 is 1.89 bits per heavy atom. The molecule has 1 heterocycles. The number of benzene rings is 2. The van der Waals surface area contributed by atoms with Gasteiger partial charge in [0.2, 0.25) is 0 Å². The number of halogens is 1. The first-order chi connectivity index (χ1) is 12.9. The quantitative estimate of drug-likeness (QED) is 0.727. The van der Waals surface area contributed by atoms with E-state index in [-0.39, 0.29) is 18.3 Å². The highest BCUT2D eigenvalue weighted by Gasteiger charge is 2.36. The van der Waals surface area contributed by atoms with Crippen LogP contribution >= 0.6 is 0 Å². The smallest absolute Gasteiger partial charge is 0.317 e. The molecular formula is C20H22FN3O3. The van der Waals surface area contributed by atoms with Gasteiger partial charge >= 0.3 is 5.97 Å². The molecule has 1 saturated heterocycles. The second-order valence-corrected chi connectivity index (χ2v) is 6.96. The Balaban J connectivity index is 1.74. The predicted molar refractivity (Wildman–Crippen MR) is 101 cm³/mol. The van der Waals surface area contributed by atoms with E-state index >= 15 is 0 Å². The van der Waals surface area contributed by atoms with Crippen molar-refractivity contribution in [3.05, 3.63) is 59.9 Å². The van der Waals surface area contributed by atoms with Crippen LogP contribution in [0.1, 0.15) is 23.7 Å². The number of amides is 1. The lowest BCUT2D eigenvalue weighted by Crippen LogP contribution is -2.47. The number of carboxylic acid groups (broad SMARTS) is 1. The van der Waals surface area contributed by atoms with Crippen LogP contribution in [0, 0.1) is 5.82 Å². The second-order valence-electron chi connectivity index (χ2n) is 6.96. The molecule has 1 aliphatic heterocycles. The number of anilines is 2. The Hall–Kier alpha value is -2.93. The van der Waals surface area contributed by atoms with Crippen LogP contribution in [0.25, 0.3) is 0 Å². The molecule has 2 aromatic rings. The summed E-state index contributed by atoms with van der Waals surface area (Å²) in [6.07, 6.45) is 0.680. The molecule has 0 radical (unpaired) electrons. The number of nitrogens with zero attached hydrogens (tertiary/aromatic N) is 1. The van der Waals surface area contributed by atoms with Crippen LogP contribution in [0.3, 0.4) is 0 Å².